The fourth-order valence-corrected chi connectivity index (χ4v) is 4.73. The van der Waals surface area contributed by atoms with E-state index >= 15 is 0 Å². The van der Waals surface area contributed by atoms with Crippen molar-refractivity contribution in [1.82, 2.24) is 0 Å². The number of alkyl halides is 2. The fourth-order valence-electron chi connectivity index (χ4n) is 4.73. The predicted octanol–water partition coefficient (Wildman–Crippen LogP) is 3.70. The molecule has 2 nitrogen and oxygen atoms in total. The standard InChI is InChI=1S/C14H20F2O2/c15-14(16)5-3-13(4-6-14,12(17)18)11-8-9-1-2-10(11)7-9/h9-11H,1-8H2,(H,17,18). The van der Waals surface area contributed by atoms with Gasteiger partial charge in [0.25, 0.3) is 0 Å². The molecular formula is C14H20F2O2. The summed E-state index contributed by atoms with van der Waals surface area (Å²) in [5.74, 6) is -2.16. The second-order valence-corrected chi connectivity index (χ2v) is 6.60. The first kappa shape index (κ1) is 12.4. The van der Waals surface area contributed by atoms with Gasteiger partial charge < -0.3 is 5.11 Å². The smallest absolute Gasteiger partial charge is 0.309 e. The molecule has 3 aliphatic carbocycles. The Hall–Kier alpha value is -0.670. The average molecular weight is 258 g/mol. The minimum absolute atomic E-state index is 0.157. The van der Waals surface area contributed by atoms with E-state index in [9.17, 15) is 18.7 Å². The lowest BCUT2D eigenvalue weighted by molar-refractivity contribution is -0.165. The van der Waals surface area contributed by atoms with E-state index in [1.807, 2.05) is 0 Å². The van der Waals surface area contributed by atoms with E-state index in [-0.39, 0.29) is 31.6 Å². The summed E-state index contributed by atoms with van der Waals surface area (Å²) in [5, 5.41) is 9.60. The first-order valence-corrected chi connectivity index (χ1v) is 7.04. The van der Waals surface area contributed by atoms with E-state index in [4.69, 9.17) is 0 Å². The molecule has 3 unspecified atom stereocenters. The highest BCUT2D eigenvalue weighted by Gasteiger charge is 2.57. The van der Waals surface area contributed by atoms with Gasteiger partial charge in [0.05, 0.1) is 5.41 Å². The largest absolute Gasteiger partial charge is 0.481 e. The van der Waals surface area contributed by atoms with Gasteiger partial charge in [-0.25, -0.2) is 8.78 Å². The van der Waals surface area contributed by atoms with Gasteiger partial charge in [-0.05, 0) is 49.9 Å². The summed E-state index contributed by atoms with van der Waals surface area (Å²) in [7, 11) is 0. The van der Waals surface area contributed by atoms with Crippen molar-refractivity contribution in [3.63, 3.8) is 0 Å². The molecule has 2 bridgehead atoms. The normalized spacial score (nSPS) is 40.9. The summed E-state index contributed by atoms with van der Waals surface area (Å²) < 4.78 is 26.6. The SMILES string of the molecule is O=C(O)C1(C2CC3CCC2C3)CCC(F)(F)CC1. The molecule has 0 aromatic carbocycles. The zero-order valence-electron chi connectivity index (χ0n) is 10.5. The summed E-state index contributed by atoms with van der Waals surface area (Å²) >= 11 is 0. The van der Waals surface area contributed by atoms with Crippen LogP contribution in [0.3, 0.4) is 0 Å². The third-order valence-corrected chi connectivity index (χ3v) is 5.75. The van der Waals surface area contributed by atoms with Crippen LogP contribution in [0.5, 0.6) is 0 Å². The van der Waals surface area contributed by atoms with Crippen molar-refractivity contribution in [1.29, 1.82) is 0 Å². The van der Waals surface area contributed by atoms with Crippen LogP contribution < -0.4 is 0 Å². The Morgan fingerprint density at radius 1 is 1.06 bits per heavy atom. The molecule has 3 rings (SSSR count). The highest BCUT2D eigenvalue weighted by Crippen LogP contribution is 2.60. The lowest BCUT2D eigenvalue weighted by Gasteiger charge is -2.44. The van der Waals surface area contributed by atoms with E-state index in [0.29, 0.717) is 11.8 Å². The molecule has 102 valence electrons. The van der Waals surface area contributed by atoms with Crippen molar-refractivity contribution in [2.45, 2.75) is 57.3 Å². The van der Waals surface area contributed by atoms with Crippen molar-refractivity contribution in [2.24, 2.45) is 23.2 Å². The van der Waals surface area contributed by atoms with Crippen LogP contribution in [0.25, 0.3) is 0 Å². The highest BCUT2D eigenvalue weighted by molar-refractivity contribution is 5.75. The summed E-state index contributed by atoms with van der Waals surface area (Å²) in [5.41, 5.74) is -0.846. The second kappa shape index (κ2) is 3.91. The third-order valence-electron chi connectivity index (χ3n) is 5.75. The lowest BCUT2D eigenvalue weighted by Crippen LogP contribution is -2.46. The molecule has 3 atom stereocenters. The number of rotatable bonds is 2. The molecule has 0 aliphatic heterocycles. The van der Waals surface area contributed by atoms with Gasteiger partial charge in [0.2, 0.25) is 5.92 Å². The number of carboxylic acid groups (broad SMARTS) is 1. The Bertz CT molecular complexity index is 357. The van der Waals surface area contributed by atoms with Crippen molar-refractivity contribution < 1.29 is 18.7 Å². The van der Waals surface area contributed by atoms with Gasteiger partial charge in [0.1, 0.15) is 0 Å². The Labute approximate surface area is 106 Å². The first-order valence-electron chi connectivity index (χ1n) is 7.04. The molecule has 1 N–H and O–H groups in total. The third kappa shape index (κ3) is 1.76. The van der Waals surface area contributed by atoms with Crippen molar-refractivity contribution in [2.75, 3.05) is 0 Å². The first-order chi connectivity index (χ1) is 8.43. The average Bonchev–Trinajstić information content (AvgIpc) is 2.91. The monoisotopic (exact) mass is 258 g/mol. The number of fused-ring (bicyclic) bond motifs is 2. The molecule has 0 heterocycles. The predicted molar refractivity (Wildman–Crippen MR) is 62.4 cm³/mol. The van der Waals surface area contributed by atoms with E-state index in [2.05, 4.69) is 0 Å². The lowest BCUT2D eigenvalue weighted by atomic mass is 9.60. The molecule has 18 heavy (non-hydrogen) atoms. The maximum Gasteiger partial charge on any atom is 0.309 e. The minimum Gasteiger partial charge on any atom is -0.481 e. The molecule has 3 fully saturated rings. The number of halogens is 2. The molecule has 0 saturated heterocycles. The molecule has 3 aliphatic rings. The molecule has 0 amide bonds. The van der Waals surface area contributed by atoms with Crippen LogP contribution >= 0.6 is 0 Å². The summed E-state index contributed by atoms with van der Waals surface area (Å²) in [6, 6.07) is 0. The summed E-state index contributed by atoms with van der Waals surface area (Å²) in [6.07, 6.45) is 4.28. The number of carboxylic acids is 1. The van der Waals surface area contributed by atoms with Crippen molar-refractivity contribution >= 4 is 5.97 Å². The molecule has 0 spiro atoms. The van der Waals surface area contributed by atoms with E-state index in [1.54, 1.807) is 0 Å². The molecular weight excluding hydrogens is 238 g/mol. The maximum absolute atomic E-state index is 13.3. The van der Waals surface area contributed by atoms with Crippen LogP contribution in [-0.4, -0.2) is 17.0 Å². The van der Waals surface area contributed by atoms with Gasteiger partial charge in [0, 0.05) is 12.8 Å². The van der Waals surface area contributed by atoms with Gasteiger partial charge >= 0.3 is 5.97 Å². The van der Waals surface area contributed by atoms with E-state index in [0.717, 1.165) is 19.3 Å². The molecule has 0 aromatic rings. The van der Waals surface area contributed by atoms with Gasteiger partial charge in [-0.1, -0.05) is 6.42 Å². The van der Waals surface area contributed by atoms with Crippen LogP contribution in [0.2, 0.25) is 0 Å². The Kier molecular flexibility index (Phi) is 2.69. The molecule has 3 saturated carbocycles. The maximum atomic E-state index is 13.3. The highest BCUT2D eigenvalue weighted by atomic mass is 19.3. The molecule has 0 radical (unpaired) electrons. The van der Waals surface area contributed by atoms with Crippen LogP contribution in [0.15, 0.2) is 0 Å². The Morgan fingerprint density at radius 2 is 1.72 bits per heavy atom. The van der Waals surface area contributed by atoms with Gasteiger partial charge in [-0.15, -0.1) is 0 Å². The van der Waals surface area contributed by atoms with Gasteiger partial charge in [-0.2, -0.15) is 0 Å². The van der Waals surface area contributed by atoms with Crippen molar-refractivity contribution in [3.05, 3.63) is 0 Å². The van der Waals surface area contributed by atoms with Crippen LogP contribution in [0.1, 0.15) is 51.4 Å². The number of aliphatic carboxylic acids is 1. The summed E-state index contributed by atoms with van der Waals surface area (Å²) in [4.78, 5) is 11.7. The minimum atomic E-state index is -2.64. The number of hydrogen-bond acceptors (Lipinski definition) is 1. The van der Waals surface area contributed by atoms with E-state index in [1.165, 1.54) is 6.42 Å². The Morgan fingerprint density at radius 3 is 2.17 bits per heavy atom. The van der Waals surface area contributed by atoms with Crippen LogP contribution in [-0.2, 0) is 4.79 Å². The Balaban J connectivity index is 1.83. The quantitative estimate of drug-likeness (QED) is 0.820. The molecule has 4 heteroatoms. The fraction of sp³-hybridized carbons (Fsp3) is 0.929. The zero-order valence-corrected chi connectivity index (χ0v) is 10.5. The van der Waals surface area contributed by atoms with E-state index < -0.39 is 17.3 Å². The van der Waals surface area contributed by atoms with Crippen molar-refractivity contribution in [3.8, 4) is 0 Å². The van der Waals surface area contributed by atoms with Gasteiger partial charge in [-0.3, -0.25) is 4.79 Å². The summed E-state index contributed by atoms with van der Waals surface area (Å²) in [6.45, 7) is 0. The molecule has 0 aromatic heterocycles. The number of hydrogen-bond donors (Lipinski definition) is 1. The number of carbonyl (C=O) groups is 1. The zero-order chi connectivity index (χ0) is 13.0. The van der Waals surface area contributed by atoms with Crippen LogP contribution in [0, 0.1) is 23.2 Å². The van der Waals surface area contributed by atoms with Gasteiger partial charge in [0.15, 0.2) is 0 Å². The topological polar surface area (TPSA) is 37.3 Å². The second-order valence-electron chi connectivity index (χ2n) is 6.60. The van der Waals surface area contributed by atoms with Crippen LogP contribution in [0.4, 0.5) is 8.78 Å².